The van der Waals surface area contributed by atoms with E-state index in [1.807, 2.05) is 62.3 Å². The lowest BCUT2D eigenvalue weighted by Crippen LogP contribution is -2.29. The van der Waals surface area contributed by atoms with Crippen LogP contribution < -0.4 is 19.3 Å². The average molecular weight is 485 g/mol. The van der Waals surface area contributed by atoms with Gasteiger partial charge in [0.2, 0.25) is 0 Å². The third kappa shape index (κ3) is 4.06. The van der Waals surface area contributed by atoms with Gasteiger partial charge in [0.15, 0.2) is 11.5 Å². The molecule has 2 aliphatic heterocycles. The second kappa shape index (κ2) is 9.41. The Balaban J connectivity index is 1.67. The van der Waals surface area contributed by atoms with Crippen molar-refractivity contribution in [1.82, 2.24) is 0 Å². The van der Waals surface area contributed by atoms with Crippen molar-refractivity contribution < 1.29 is 24.2 Å². The van der Waals surface area contributed by atoms with E-state index in [-0.39, 0.29) is 11.3 Å². The van der Waals surface area contributed by atoms with Crippen molar-refractivity contribution in [2.45, 2.75) is 19.4 Å². The van der Waals surface area contributed by atoms with E-state index in [1.54, 1.807) is 30.3 Å². The third-order valence-corrected chi connectivity index (χ3v) is 6.61. The van der Waals surface area contributed by atoms with Crippen LogP contribution in [-0.2, 0) is 16.0 Å². The molecule has 2 aliphatic rings. The van der Waals surface area contributed by atoms with Gasteiger partial charge in [0, 0.05) is 37.1 Å². The van der Waals surface area contributed by atoms with Gasteiger partial charge in [-0.2, -0.15) is 0 Å². The number of aryl methyl sites for hydroxylation is 1. The number of rotatable bonds is 5. The number of hydrogen-bond donors (Lipinski definition) is 1. The van der Waals surface area contributed by atoms with Gasteiger partial charge in [-0.05, 0) is 41.8 Å². The van der Waals surface area contributed by atoms with Crippen LogP contribution >= 0.6 is 0 Å². The molecule has 2 heterocycles. The highest BCUT2D eigenvalue weighted by atomic mass is 16.6. The molecular formula is C29H28N2O5. The smallest absolute Gasteiger partial charge is 0.300 e. The third-order valence-electron chi connectivity index (χ3n) is 6.61. The second-order valence-electron chi connectivity index (χ2n) is 9.03. The molecule has 0 aliphatic carbocycles. The fourth-order valence-corrected chi connectivity index (χ4v) is 4.60. The summed E-state index contributed by atoms with van der Waals surface area (Å²) in [4.78, 5) is 30.2. The van der Waals surface area contributed by atoms with Gasteiger partial charge in [0.05, 0.1) is 11.6 Å². The number of nitrogens with zero attached hydrogens (tertiary/aromatic N) is 2. The first-order valence-corrected chi connectivity index (χ1v) is 12.0. The number of fused-ring (bicyclic) bond motifs is 1. The van der Waals surface area contributed by atoms with Crippen LogP contribution in [0.1, 0.15) is 29.7 Å². The van der Waals surface area contributed by atoms with Crippen molar-refractivity contribution >= 4 is 28.8 Å². The molecule has 1 N–H and O–H groups in total. The Bertz CT molecular complexity index is 1340. The lowest BCUT2D eigenvalue weighted by Gasteiger charge is -2.27. The number of ketones is 1. The molecule has 0 aromatic heterocycles. The second-order valence-corrected chi connectivity index (χ2v) is 9.03. The molecule has 1 unspecified atom stereocenters. The summed E-state index contributed by atoms with van der Waals surface area (Å²) in [6.07, 6.45) is 0.855. The van der Waals surface area contributed by atoms with E-state index in [0.29, 0.717) is 41.5 Å². The highest BCUT2D eigenvalue weighted by Gasteiger charge is 2.47. The van der Waals surface area contributed by atoms with Crippen LogP contribution in [0.4, 0.5) is 11.4 Å². The van der Waals surface area contributed by atoms with E-state index in [1.165, 1.54) is 4.90 Å². The van der Waals surface area contributed by atoms with Crippen molar-refractivity contribution in [2.24, 2.45) is 0 Å². The number of benzene rings is 3. The van der Waals surface area contributed by atoms with E-state index in [2.05, 4.69) is 0 Å². The summed E-state index contributed by atoms with van der Waals surface area (Å²) in [6, 6.07) is 19.3. The summed E-state index contributed by atoms with van der Waals surface area (Å²) in [7, 11) is 3.88. The zero-order valence-electron chi connectivity index (χ0n) is 20.5. The van der Waals surface area contributed by atoms with Crippen LogP contribution in [0, 0.1) is 0 Å². The maximum absolute atomic E-state index is 13.4. The number of Topliss-reactive ketones (excluding diaryl/α,β-unsaturated/α-hetero) is 1. The molecule has 5 rings (SSSR count). The molecule has 0 radical (unpaired) electrons. The van der Waals surface area contributed by atoms with Crippen LogP contribution in [0.25, 0.3) is 5.76 Å². The minimum Gasteiger partial charge on any atom is -0.507 e. The van der Waals surface area contributed by atoms with Crippen LogP contribution in [-0.4, -0.2) is 44.1 Å². The quantitative estimate of drug-likeness (QED) is 0.321. The van der Waals surface area contributed by atoms with E-state index in [4.69, 9.17) is 9.47 Å². The molecule has 36 heavy (non-hydrogen) atoms. The largest absolute Gasteiger partial charge is 0.507 e. The number of aliphatic hydroxyl groups is 1. The van der Waals surface area contributed by atoms with Gasteiger partial charge in [-0.25, -0.2) is 0 Å². The monoisotopic (exact) mass is 484 g/mol. The first kappa shape index (κ1) is 23.5. The van der Waals surface area contributed by atoms with Gasteiger partial charge in [-0.15, -0.1) is 0 Å². The van der Waals surface area contributed by atoms with Crippen molar-refractivity contribution in [3.05, 3.63) is 89.0 Å². The predicted molar refractivity (Wildman–Crippen MR) is 139 cm³/mol. The van der Waals surface area contributed by atoms with Crippen LogP contribution in [0.2, 0.25) is 0 Å². The van der Waals surface area contributed by atoms with Crippen molar-refractivity contribution in [3.8, 4) is 11.5 Å². The fraction of sp³-hybridized carbons (Fsp3) is 0.241. The maximum Gasteiger partial charge on any atom is 0.300 e. The standard InChI is InChI=1S/C29H28N2O5/c1-4-18-5-7-20(8-6-18)27(32)25-26(19-9-11-21(12-10-19)30(2)3)31(29(34)28(25)33)22-13-14-23-24(17-22)36-16-15-35-23/h5-14,17,26,32H,4,15-16H2,1-3H3/b27-25+. The zero-order chi connectivity index (χ0) is 25.4. The average Bonchev–Trinajstić information content (AvgIpc) is 3.18. The number of hydrogen-bond acceptors (Lipinski definition) is 6. The molecule has 1 atom stereocenters. The Labute approximate surface area is 210 Å². The molecule has 184 valence electrons. The van der Waals surface area contributed by atoms with Crippen LogP contribution in [0.15, 0.2) is 72.3 Å². The topological polar surface area (TPSA) is 79.3 Å². The van der Waals surface area contributed by atoms with E-state index >= 15 is 0 Å². The molecule has 1 fully saturated rings. The summed E-state index contributed by atoms with van der Waals surface area (Å²) < 4.78 is 11.3. The first-order chi connectivity index (χ1) is 17.4. The molecular weight excluding hydrogens is 456 g/mol. The fourth-order valence-electron chi connectivity index (χ4n) is 4.60. The maximum atomic E-state index is 13.4. The van der Waals surface area contributed by atoms with Crippen molar-refractivity contribution in [3.63, 3.8) is 0 Å². The van der Waals surface area contributed by atoms with Crippen LogP contribution in [0.5, 0.6) is 11.5 Å². The van der Waals surface area contributed by atoms with E-state index < -0.39 is 17.7 Å². The number of aliphatic hydroxyl groups excluding tert-OH is 1. The predicted octanol–water partition coefficient (Wildman–Crippen LogP) is 4.71. The summed E-state index contributed by atoms with van der Waals surface area (Å²) in [5.74, 6) is -0.538. The Morgan fingerprint density at radius 2 is 1.61 bits per heavy atom. The minimum atomic E-state index is -0.811. The molecule has 3 aromatic carbocycles. The van der Waals surface area contributed by atoms with Gasteiger partial charge in [0.25, 0.3) is 11.7 Å². The highest BCUT2D eigenvalue weighted by Crippen LogP contribution is 2.44. The summed E-state index contributed by atoms with van der Waals surface area (Å²) >= 11 is 0. The Morgan fingerprint density at radius 1 is 0.944 bits per heavy atom. The number of carbonyl (C=O) groups is 2. The SMILES string of the molecule is CCc1ccc(/C(O)=C2\C(=O)C(=O)N(c3ccc4c(c3)OCCO4)C2c2ccc(N(C)C)cc2)cc1. The highest BCUT2D eigenvalue weighted by molar-refractivity contribution is 6.51. The van der Waals surface area contributed by atoms with Gasteiger partial charge >= 0.3 is 0 Å². The number of carbonyl (C=O) groups excluding carboxylic acids is 2. The molecule has 1 saturated heterocycles. The van der Waals surface area contributed by atoms with Crippen LogP contribution in [0.3, 0.4) is 0 Å². The van der Waals surface area contributed by atoms with E-state index in [0.717, 1.165) is 17.7 Å². The minimum absolute atomic E-state index is 0.0525. The molecule has 0 spiro atoms. The molecule has 0 saturated carbocycles. The Hall–Kier alpha value is -4.26. The molecule has 7 nitrogen and oxygen atoms in total. The Morgan fingerprint density at radius 3 is 2.25 bits per heavy atom. The zero-order valence-corrected chi connectivity index (χ0v) is 20.5. The van der Waals surface area contributed by atoms with E-state index in [9.17, 15) is 14.7 Å². The van der Waals surface area contributed by atoms with Gasteiger partial charge < -0.3 is 19.5 Å². The summed E-state index contributed by atoms with van der Waals surface area (Å²) in [5.41, 5.74) is 3.83. The van der Waals surface area contributed by atoms with Gasteiger partial charge in [-0.1, -0.05) is 43.3 Å². The number of ether oxygens (including phenoxy) is 2. The summed E-state index contributed by atoms with van der Waals surface area (Å²) in [6.45, 7) is 2.90. The lowest BCUT2D eigenvalue weighted by molar-refractivity contribution is -0.132. The van der Waals surface area contributed by atoms with Gasteiger partial charge in [0.1, 0.15) is 19.0 Å². The Kier molecular flexibility index (Phi) is 6.14. The van der Waals surface area contributed by atoms with Crippen molar-refractivity contribution in [1.29, 1.82) is 0 Å². The lowest BCUT2D eigenvalue weighted by atomic mass is 9.94. The first-order valence-electron chi connectivity index (χ1n) is 12.0. The number of amides is 1. The van der Waals surface area contributed by atoms with Gasteiger partial charge in [-0.3, -0.25) is 14.5 Å². The normalized spacial score (nSPS) is 18.4. The molecule has 7 heteroatoms. The molecule has 3 aromatic rings. The molecule has 1 amide bonds. The number of anilines is 2. The molecule has 0 bridgehead atoms. The summed E-state index contributed by atoms with van der Waals surface area (Å²) in [5, 5.41) is 11.3. The van der Waals surface area contributed by atoms with Crippen molar-refractivity contribution in [2.75, 3.05) is 37.1 Å².